The topological polar surface area (TPSA) is 37.4 Å². The Morgan fingerprint density at radius 2 is 1.53 bits per heavy atom. The first-order valence-electron chi connectivity index (χ1n) is 5.21. The lowest BCUT2D eigenvalue weighted by Crippen LogP contribution is -2.34. The van der Waals surface area contributed by atoms with Crippen LogP contribution in [0.15, 0.2) is 29.2 Å². The van der Waals surface area contributed by atoms with Crippen molar-refractivity contribution in [3.63, 3.8) is 0 Å². The number of rotatable bonds is 6. The van der Waals surface area contributed by atoms with Crippen LogP contribution in [0.4, 0.5) is 0 Å². The van der Waals surface area contributed by atoms with E-state index >= 15 is 0 Å². The molecule has 6 heteroatoms. The van der Waals surface area contributed by atoms with Gasteiger partial charge in [-0.2, -0.15) is 4.31 Å². The number of aryl methyl sites for hydroxylation is 1. The van der Waals surface area contributed by atoms with Crippen LogP contribution >= 0.6 is 23.2 Å². The molecular weight excluding hydrogens is 281 g/mol. The Kier molecular flexibility index (Phi) is 5.73. The van der Waals surface area contributed by atoms with E-state index in [4.69, 9.17) is 23.2 Å². The number of alkyl halides is 2. The standard InChI is InChI=1S/C11H15Cl2NO2S/c1-10-2-4-11(5-3-10)17(15,16)14(8-6-12)9-7-13/h2-5H,6-9H2,1H3. The molecule has 0 unspecified atom stereocenters. The summed E-state index contributed by atoms with van der Waals surface area (Å²) in [6.07, 6.45) is 0. The molecule has 0 heterocycles. The molecule has 0 spiro atoms. The van der Waals surface area contributed by atoms with Crippen molar-refractivity contribution in [2.75, 3.05) is 24.8 Å². The zero-order chi connectivity index (χ0) is 12.9. The highest BCUT2D eigenvalue weighted by Gasteiger charge is 2.22. The molecule has 0 N–H and O–H groups in total. The Labute approximate surface area is 112 Å². The van der Waals surface area contributed by atoms with Crippen molar-refractivity contribution in [3.05, 3.63) is 29.8 Å². The minimum atomic E-state index is -3.48. The fourth-order valence-corrected chi connectivity index (χ4v) is 3.45. The van der Waals surface area contributed by atoms with Gasteiger partial charge in [-0.15, -0.1) is 23.2 Å². The number of hydrogen-bond donors (Lipinski definition) is 0. The maximum absolute atomic E-state index is 12.2. The third kappa shape index (κ3) is 3.85. The Bertz CT molecular complexity index is 439. The molecule has 1 rings (SSSR count). The van der Waals surface area contributed by atoms with Crippen LogP contribution in [0.3, 0.4) is 0 Å². The van der Waals surface area contributed by atoms with E-state index in [0.29, 0.717) is 0 Å². The first-order valence-corrected chi connectivity index (χ1v) is 7.72. The average molecular weight is 296 g/mol. The summed E-state index contributed by atoms with van der Waals surface area (Å²) in [6, 6.07) is 6.74. The lowest BCUT2D eigenvalue weighted by atomic mass is 10.2. The van der Waals surface area contributed by atoms with Crippen molar-refractivity contribution in [1.82, 2.24) is 4.31 Å². The molecule has 96 valence electrons. The maximum atomic E-state index is 12.2. The average Bonchev–Trinajstić information content (AvgIpc) is 2.29. The SMILES string of the molecule is Cc1ccc(S(=O)(=O)N(CCCl)CCCl)cc1. The summed E-state index contributed by atoms with van der Waals surface area (Å²) >= 11 is 11.2. The van der Waals surface area contributed by atoms with E-state index in [9.17, 15) is 8.42 Å². The van der Waals surface area contributed by atoms with E-state index in [0.717, 1.165) is 5.56 Å². The Hall–Kier alpha value is -0.290. The summed E-state index contributed by atoms with van der Waals surface area (Å²) in [4.78, 5) is 0.276. The Balaban J connectivity index is 3.02. The van der Waals surface area contributed by atoms with Gasteiger partial charge in [-0.3, -0.25) is 0 Å². The molecule has 1 aromatic rings. The molecule has 0 aliphatic heterocycles. The van der Waals surface area contributed by atoms with E-state index in [1.807, 2.05) is 6.92 Å². The second-order valence-corrected chi connectivity index (χ2v) is 6.29. The lowest BCUT2D eigenvalue weighted by molar-refractivity contribution is 0.448. The summed E-state index contributed by atoms with van der Waals surface area (Å²) in [5.74, 6) is 0.504. The summed E-state index contributed by atoms with van der Waals surface area (Å²) in [5.41, 5.74) is 1.02. The van der Waals surface area contributed by atoms with Gasteiger partial charge in [0.1, 0.15) is 0 Å². The molecule has 0 amide bonds. The molecule has 0 atom stereocenters. The lowest BCUT2D eigenvalue weighted by Gasteiger charge is -2.20. The van der Waals surface area contributed by atoms with Crippen molar-refractivity contribution < 1.29 is 8.42 Å². The smallest absolute Gasteiger partial charge is 0.207 e. The fraction of sp³-hybridized carbons (Fsp3) is 0.455. The Morgan fingerprint density at radius 1 is 1.06 bits per heavy atom. The van der Waals surface area contributed by atoms with Gasteiger partial charge in [-0.05, 0) is 19.1 Å². The first-order chi connectivity index (χ1) is 8.02. The van der Waals surface area contributed by atoms with Gasteiger partial charge in [0.05, 0.1) is 4.90 Å². The van der Waals surface area contributed by atoms with E-state index in [2.05, 4.69) is 0 Å². The number of sulfonamides is 1. The predicted octanol–water partition coefficient (Wildman–Crippen LogP) is 2.46. The van der Waals surface area contributed by atoms with Crippen molar-refractivity contribution in [1.29, 1.82) is 0 Å². The quantitative estimate of drug-likeness (QED) is 0.756. The molecule has 0 saturated heterocycles. The Morgan fingerprint density at radius 3 is 1.94 bits per heavy atom. The van der Waals surface area contributed by atoms with Crippen LogP contribution in [0, 0.1) is 6.92 Å². The minimum absolute atomic E-state index is 0.252. The van der Waals surface area contributed by atoms with Gasteiger partial charge in [0.15, 0.2) is 0 Å². The molecular formula is C11H15Cl2NO2S. The van der Waals surface area contributed by atoms with Crippen molar-refractivity contribution in [2.24, 2.45) is 0 Å². The normalized spacial score (nSPS) is 12.0. The molecule has 0 radical (unpaired) electrons. The van der Waals surface area contributed by atoms with Crippen LogP contribution in [-0.2, 0) is 10.0 Å². The van der Waals surface area contributed by atoms with Crippen LogP contribution in [0.25, 0.3) is 0 Å². The van der Waals surface area contributed by atoms with Gasteiger partial charge in [0.2, 0.25) is 10.0 Å². The number of nitrogens with zero attached hydrogens (tertiary/aromatic N) is 1. The van der Waals surface area contributed by atoms with Crippen molar-refractivity contribution in [2.45, 2.75) is 11.8 Å². The second-order valence-electron chi connectivity index (χ2n) is 3.60. The zero-order valence-corrected chi connectivity index (χ0v) is 11.9. The highest BCUT2D eigenvalue weighted by molar-refractivity contribution is 7.89. The van der Waals surface area contributed by atoms with Crippen LogP contribution in [0.5, 0.6) is 0 Å². The highest BCUT2D eigenvalue weighted by Crippen LogP contribution is 2.16. The molecule has 1 aromatic carbocycles. The molecule has 0 aliphatic rings. The number of hydrogen-bond acceptors (Lipinski definition) is 2. The maximum Gasteiger partial charge on any atom is 0.243 e. The number of halogens is 2. The zero-order valence-electron chi connectivity index (χ0n) is 9.57. The molecule has 0 aromatic heterocycles. The highest BCUT2D eigenvalue weighted by atomic mass is 35.5. The van der Waals surface area contributed by atoms with Gasteiger partial charge in [-0.25, -0.2) is 8.42 Å². The van der Waals surface area contributed by atoms with Gasteiger partial charge >= 0.3 is 0 Å². The summed E-state index contributed by atoms with van der Waals surface area (Å²) in [7, 11) is -3.48. The molecule has 0 bridgehead atoms. The fourth-order valence-electron chi connectivity index (χ4n) is 1.40. The summed E-state index contributed by atoms with van der Waals surface area (Å²) in [6.45, 7) is 2.45. The van der Waals surface area contributed by atoms with E-state index in [1.54, 1.807) is 24.3 Å². The summed E-state index contributed by atoms with van der Waals surface area (Å²) in [5, 5.41) is 0. The van der Waals surface area contributed by atoms with Crippen molar-refractivity contribution in [3.8, 4) is 0 Å². The third-order valence-electron chi connectivity index (χ3n) is 2.33. The monoisotopic (exact) mass is 295 g/mol. The molecule has 0 fully saturated rings. The van der Waals surface area contributed by atoms with Gasteiger partial charge in [0.25, 0.3) is 0 Å². The molecule has 17 heavy (non-hydrogen) atoms. The van der Waals surface area contributed by atoms with Crippen LogP contribution < -0.4 is 0 Å². The third-order valence-corrected chi connectivity index (χ3v) is 4.58. The molecule has 0 aliphatic carbocycles. The molecule has 3 nitrogen and oxygen atoms in total. The minimum Gasteiger partial charge on any atom is -0.207 e. The van der Waals surface area contributed by atoms with E-state index < -0.39 is 10.0 Å². The first kappa shape index (κ1) is 14.8. The predicted molar refractivity (Wildman–Crippen MR) is 71.4 cm³/mol. The summed E-state index contributed by atoms with van der Waals surface area (Å²) < 4.78 is 25.8. The number of benzene rings is 1. The molecule has 0 saturated carbocycles. The van der Waals surface area contributed by atoms with Gasteiger partial charge in [0, 0.05) is 24.8 Å². The van der Waals surface area contributed by atoms with Crippen LogP contribution in [0.1, 0.15) is 5.56 Å². The van der Waals surface area contributed by atoms with Crippen molar-refractivity contribution >= 4 is 33.2 Å². The van der Waals surface area contributed by atoms with E-state index in [1.165, 1.54) is 4.31 Å². The van der Waals surface area contributed by atoms with E-state index in [-0.39, 0.29) is 29.7 Å². The van der Waals surface area contributed by atoms with Gasteiger partial charge < -0.3 is 0 Å². The van der Waals surface area contributed by atoms with Crippen LogP contribution in [0.2, 0.25) is 0 Å². The largest absolute Gasteiger partial charge is 0.243 e. The van der Waals surface area contributed by atoms with Crippen LogP contribution in [-0.4, -0.2) is 37.6 Å². The second kappa shape index (κ2) is 6.59. The van der Waals surface area contributed by atoms with Gasteiger partial charge in [-0.1, -0.05) is 17.7 Å².